The highest BCUT2D eigenvalue weighted by Crippen LogP contribution is 2.41. The third-order valence-corrected chi connectivity index (χ3v) is 6.85. The van der Waals surface area contributed by atoms with Gasteiger partial charge in [-0.05, 0) is 18.2 Å². The number of carbonyl (C=O) groups excluding carboxylic acids is 1. The van der Waals surface area contributed by atoms with Crippen LogP contribution in [0.4, 0.5) is 5.69 Å². The van der Waals surface area contributed by atoms with E-state index in [4.69, 9.17) is 11.6 Å². The zero-order chi connectivity index (χ0) is 15.2. The van der Waals surface area contributed by atoms with Crippen LogP contribution in [0.15, 0.2) is 29.3 Å². The number of anilines is 1. The third-order valence-electron chi connectivity index (χ3n) is 3.41. The largest absolute Gasteiger partial charge is 0.316 e. The number of fused-ring (bicyclic) bond motifs is 1. The van der Waals surface area contributed by atoms with Gasteiger partial charge in [-0.15, -0.1) is 0 Å². The van der Waals surface area contributed by atoms with Crippen molar-refractivity contribution in [2.45, 2.75) is 18.2 Å². The van der Waals surface area contributed by atoms with Crippen molar-refractivity contribution in [2.75, 3.05) is 16.4 Å². The summed E-state index contributed by atoms with van der Waals surface area (Å²) in [5.74, 6) is -0.0999. The van der Waals surface area contributed by atoms with E-state index in [-0.39, 0.29) is 28.7 Å². The first-order valence-electron chi connectivity index (χ1n) is 6.37. The zero-order valence-corrected chi connectivity index (χ0v) is 13.6. The predicted octanol–water partition coefficient (Wildman–Crippen LogP) is 1.96. The Morgan fingerprint density at radius 2 is 2.19 bits per heavy atom. The van der Waals surface area contributed by atoms with Gasteiger partial charge in [0.25, 0.3) is 0 Å². The molecule has 0 aliphatic carbocycles. The van der Waals surface area contributed by atoms with Crippen molar-refractivity contribution in [3.63, 3.8) is 0 Å². The van der Waals surface area contributed by atoms with Crippen LogP contribution in [0.25, 0.3) is 0 Å². The van der Waals surface area contributed by atoms with Crippen LogP contribution >= 0.6 is 23.4 Å². The second kappa shape index (κ2) is 5.30. The summed E-state index contributed by atoms with van der Waals surface area (Å²) in [5.41, 5.74) is 0.764. The van der Waals surface area contributed by atoms with Crippen molar-refractivity contribution in [2.24, 2.45) is 4.99 Å². The van der Waals surface area contributed by atoms with Gasteiger partial charge in [-0.3, -0.25) is 4.79 Å². The molecule has 0 N–H and O–H groups in total. The van der Waals surface area contributed by atoms with Crippen LogP contribution in [0.5, 0.6) is 0 Å². The minimum Gasteiger partial charge on any atom is -0.316 e. The summed E-state index contributed by atoms with van der Waals surface area (Å²) in [6.07, 6.45) is 0. The van der Waals surface area contributed by atoms with Gasteiger partial charge < -0.3 is 4.90 Å². The first-order chi connectivity index (χ1) is 9.85. The van der Waals surface area contributed by atoms with Gasteiger partial charge in [-0.1, -0.05) is 29.4 Å². The van der Waals surface area contributed by atoms with E-state index in [0.717, 1.165) is 5.69 Å². The van der Waals surface area contributed by atoms with Gasteiger partial charge >= 0.3 is 0 Å². The number of rotatable bonds is 1. The van der Waals surface area contributed by atoms with Crippen LogP contribution in [-0.2, 0) is 14.6 Å². The highest BCUT2D eigenvalue weighted by Gasteiger charge is 2.49. The number of amides is 1. The van der Waals surface area contributed by atoms with E-state index in [1.807, 2.05) is 11.0 Å². The van der Waals surface area contributed by atoms with Crippen molar-refractivity contribution >= 4 is 50.0 Å². The van der Waals surface area contributed by atoms with Gasteiger partial charge in [-0.25, -0.2) is 8.42 Å². The molecule has 2 heterocycles. The lowest BCUT2D eigenvalue weighted by molar-refractivity contribution is -0.115. The van der Waals surface area contributed by atoms with Crippen LogP contribution < -0.4 is 4.90 Å². The van der Waals surface area contributed by atoms with E-state index in [9.17, 15) is 13.2 Å². The first kappa shape index (κ1) is 14.9. The molecule has 8 heteroatoms. The highest BCUT2D eigenvalue weighted by atomic mass is 35.5. The monoisotopic (exact) mass is 344 g/mol. The Balaban J connectivity index is 2.05. The van der Waals surface area contributed by atoms with Gasteiger partial charge in [0.15, 0.2) is 15.0 Å². The van der Waals surface area contributed by atoms with Gasteiger partial charge in [-0.2, -0.15) is 4.99 Å². The van der Waals surface area contributed by atoms with E-state index in [1.54, 1.807) is 18.2 Å². The molecule has 2 fully saturated rings. The molecule has 0 bridgehead atoms. The van der Waals surface area contributed by atoms with Crippen molar-refractivity contribution in [3.8, 4) is 0 Å². The minimum atomic E-state index is -3.04. The van der Waals surface area contributed by atoms with Crippen molar-refractivity contribution in [1.29, 1.82) is 0 Å². The van der Waals surface area contributed by atoms with Crippen LogP contribution in [-0.4, -0.2) is 42.3 Å². The van der Waals surface area contributed by atoms with Crippen molar-refractivity contribution < 1.29 is 13.2 Å². The Kier molecular flexibility index (Phi) is 3.75. The number of benzene rings is 1. The second-order valence-electron chi connectivity index (χ2n) is 5.06. The Morgan fingerprint density at radius 1 is 1.43 bits per heavy atom. The van der Waals surface area contributed by atoms with Gasteiger partial charge in [0.1, 0.15) is 0 Å². The molecule has 0 radical (unpaired) electrons. The first-order valence-corrected chi connectivity index (χ1v) is 9.45. The molecule has 1 aromatic carbocycles. The fourth-order valence-corrected chi connectivity index (χ4v) is 6.77. The fraction of sp³-hybridized carbons (Fsp3) is 0.385. The van der Waals surface area contributed by atoms with E-state index < -0.39 is 9.84 Å². The molecule has 1 aromatic rings. The number of aliphatic imine (C=N–C) groups is 1. The smallest absolute Gasteiger partial charge is 0.244 e. The molecule has 0 saturated carbocycles. The number of halogens is 1. The molecule has 21 heavy (non-hydrogen) atoms. The fourth-order valence-electron chi connectivity index (χ4n) is 2.63. The number of hydrogen-bond donors (Lipinski definition) is 0. The number of hydrogen-bond acceptors (Lipinski definition) is 4. The molecule has 0 spiro atoms. The Morgan fingerprint density at radius 3 is 2.86 bits per heavy atom. The molecule has 0 unspecified atom stereocenters. The standard InChI is InChI=1S/C13H13ClN2O3S2/c1-8(17)15-13-16(10-4-2-3-9(14)5-10)11-6-21(18,19)7-12(11)20-13/h2-5,11-12H,6-7H2,1H3/t11-,12+/m1/s1. The van der Waals surface area contributed by atoms with Crippen molar-refractivity contribution in [1.82, 2.24) is 0 Å². The molecule has 0 aromatic heterocycles. The number of sulfone groups is 1. The summed E-state index contributed by atoms with van der Waals surface area (Å²) in [6, 6.07) is 6.95. The number of amidine groups is 1. The molecule has 1 amide bonds. The normalized spacial score (nSPS) is 28.9. The molecule has 112 valence electrons. The second-order valence-corrected chi connectivity index (χ2v) is 8.86. The minimum absolute atomic E-state index is 0.0775. The summed E-state index contributed by atoms with van der Waals surface area (Å²) in [4.78, 5) is 17.2. The Hall–Kier alpha value is -1.05. The van der Waals surface area contributed by atoms with Crippen LogP contribution in [0.3, 0.4) is 0 Å². The van der Waals surface area contributed by atoms with Crippen LogP contribution in [0, 0.1) is 0 Å². The molecule has 2 saturated heterocycles. The maximum Gasteiger partial charge on any atom is 0.244 e. The summed E-state index contributed by atoms with van der Waals surface area (Å²) < 4.78 is 23.7. The Labute approximate surface area is 132 Å². The number of nitrogens with zero attached hydrogens (tertiary/aromatic N) is 2. The summed E-state index contributed by atoms with van der Waals surface area (Å²) >= 11 is 7.37. The summed E-state index contributed by atoms with van der Waals surface area (Å²) in [6.45, 7) is 1.38. The predicted molar refractivity (Wildman–Crippen MR) is 85.9 cm³/mol. The average molecular weight is 345 g/mol. The maximum absolute atomic E-state index is 11.8. The number of thioether (sulfide) groups is 1. The molecule has 2 atom stereocenters. The SMILES string of the molecule is CC(=O)N=C1S[C@H]2CS(=O)(=O)C[C@H]2N1c1cccc(Cl)c1. The highest BCUT2D eigenvalue weighted by molar-refractivity contribution is 8.16. The van der Waals surface area contributed by atoms with E-state index in [0.29, 0.717) is 10.2 Å². The zero-order valence-electron chi connectivity index (χ0n) is 11.2. The van der Waals surface area contributed by atoms with Crippen LogP contribution in [0.2, 0.25) is 5.02 Å². The van der Waals surface area contributed by atoms with E-state index in [1.165, 1.54) is 18.7 Å². The van der Waals surface area contributed by atoms with Gasteiger partial charge in [0.2, 0.25) is 5.91 Å². The molecular weight excluding hydrogens is 332 g/mol. The maximum atomic E-state index is 11.8. The topological polar surface area (TPSA) is 66.8 Å². The lowest BCUT2D eigenvalue weighted by Gasteiger charge is -2.24. The summed E-state index contributed by atoms with van der Waals surface area (Å²) in [7, 11) is -3.04. The van der Waals surface area contributed by atoms with Gasteiger partial charge in [0.05, 0.1) is 17.5 Å². The molecular formula is C13H13ClN2O3S2. The number of carbonyl (C=O) groups is 1. The Bertz CT molecular complexity index is 733. The van der Waals surface area contributed by atoms with Crippen LogP contribution in [0.1, 0.15) is 6.92 Å². The van der Waals surface area contributed by atoms with E-state index in [2.05, 4.69) is 4.99 Å². The third kappa shape index (κ3) is 2.95. The molecule has 2 aliphatic rings. The van der Waals surface area contributed by atoms with Gasteiger partial charge in [0, 0.05) is 22.9 Å². The lowest BCUT2D eigenvalue weighted by atomic mass is 10.2. The average Bonchev–Trinajstić information content (AvgIpc) is 2.79. The van der Waals surface area contributed by atoms with Crippen molar-refractivity contribution in [3.05, 3.63) is 29.3 Å². The van der Waals surface area contributed by atoms with E-state index >= 15 is 0 Å². The molecule has 5 nitrogen and oxygen atoms in total. The summed E-state index contributed by atoms with van der Waals surface area (Å²) in [5, 5.41) is 1.02. The molecule has 2 aliphatic heterocycles. The molecule has 3 rings (SSSR count). The quantitative estimate of drug-likeness (QED) is 0.779. The lowest BCUT2D eigenvalue weighted by Crippen LogP contribution is -2.37.